The number of rotatable bonds is 3. The summed E-state index contributed by atoms with van der Waals surface area (Å²) in [7, 11) is 1.70. The van der Waals surface area contributed by atoms with Gasteiger partial charge in [0, 0.05) is 18.2 Å². The van der Waals surface area contributed by atoms with Crippen molar-refractivity contribution in [2.24, 2.45) is 7.05 Å². The number of hydrogen-bond acceptors (Lipinski definition) is 4. The van der Waals surface area contributed by atoms with E-state index in [2.05, 4.69) is 5.10 Å². The van der Waals surface area contributed by atoms with E-state index < -0.39 is 5.97 Å². The SMILES string of the molecule is CC(C)c1c(-c2cc(C(=O)O)nn2C)cc(Cl)c2c1OCO2. The molecule has 0 radical (unpaired) electrons. The van der Waals surface area contributed by atoms with Gasteiger partial charge < -0.3 is 14.6 Å². The van der Waals surface area contributed by atoms with E-state index >= 15 is 0 Å². The maximum absolute atomic E-state index is 11.1. The van der Waals surface area contributed by atoms with Crippen LogP contribution in [0.5, 0.6) is 11.5 Å². The Morgan fingerprint density at radius 1 is 1.36 bits per heavy atom. The van der Waals surface area contributed by atoms with Crippen molar-refractivity contribution in [3.63, 3.8) is 0 Å². The standard InChI is InChI=1S/C15H15ClN2O4/c1-7(2)12-8(4-9(16)13-14(12)22-6-21-13)11-5-10(15(19)20)17-18(11)3/h4-5,7H,6H2,1-3H3,(H,19,20). The summed E-state index contributed by atoms with van der Waals surface area (Å²) in [6.07, 6.45) is 0. The third-order valence-corrected chi connectivity index (χ3v) is 3.87. The fraction of sp³-hybridized carbons (Fsp3) is 0.333. The number of fused-ring (bicyclic) bond motifs is 1. The quantitative estimate of drug-likeness (QED) is 0.938. The molecule has 0 atom stereocenters. The van der Waals surface area contributed by atoms with E-state index in [1.54, 1.807) is 13.1 Å². The molecule has 1 aliphatic rings. The van der Waals surface area contributed by atoms with E-state index in [-0.39, 0.29) is 18.4 Å². The van der Waals surface area contributed by atoms with Gasteiger partial charge in [0.25, 0.3) is 0 Å². The predicted octanol–water partition coefficient (Wildman–Crippen LogP) is 3.29. The van der Waals surface area contributed by atoms with Gasteiger partial charge in [-0.2, -0.15) is 5.10 Å². The van der Waals surface area contributed by atoms with Crippen molar-refractivity contribution in [1.82, 2.24) is 9.78 Å². The van der Waals surface area contributed by atoms with Crippen LogP contribution >= 0.6 is 11.6 Å². The van der Waals surface area contributed by atoms with E-state index in [0.29, 0.717) is 22.2 Å². The second-order valence-corrected chi connectivity index (χ2v) is 5.79. The highest BCUT2D eigenvalue weighted by atomic mass is 35.5. The number of hydrogen-bond donors (Lipinski definition) is 1. The molecule has 0 aliphatic carbocycles. The molecule has 0 bridgehead atoms. The van der Waals surface area contributed by atoms with Crippen molar-refractivity contribution >= 4 is 17.6 Å². The van der Waals surface area contributed by atoms with Gasteiger partial charge in [-0.1, -0.05) is 25.4 Å². The van der Waals surface area contributed by atoms with Crippen LogP contribution in [-0.2, 0) is 7.05 Å². The summed E-state index contributed by atoms with van der Waals surface area (Å²) < 4.78 is 12.5. The summed E-state index contributed by atoms with van der Waals surface area (Å²) in [4.78, 5) is 11.1. The predicted molar refractivity (Wildman–Crippen MR) is 80.8 cm³/mol. The minimum atomic E-state index is -1.07. The van der Waals surface area contributed by atoms with Crippen molar-refractivity contribution in [3.8, 4) is 22.8 Å². The normalized spacial score (nSPS) is 13.0. The fourth-order valence-corrected chi connectivity index (χ4v) is 2.91. The van der Waals surface area contributed by atoms with Crippen molar-refractivity contribution in [2.75, 3.05) is 6.79 Å². The van der Waals surface area contributed by atoms with E-state index in [9.17, 15) is 4.79 Å². The second-order valence-electron chi connectivity index (χ2n) is 5.38. The van der Waals surface area contributed by atoms with Gasteiger partial charge in [0.05, 0.1) is 10.7 Å². The lowest BCUT2D eigenvalue weighted by Gasteiger charge is -2.16. The zero-order valence-electron chi connectivity index (χ0n) is 12.4. The topological polar surface area (TPSA) is 73.6 Å². The van der Waals surface area contributed by atoms with Gasteiger partial charge in [-0.3, -0.25) is 4.68 Å². The van der Waals surface area contributed by atoms with Crippen LogP contribution in [0.15, 0.2) is 12.1 Å². The monoisotopic (exact) mass is 322 g/mol. The number of ether oxygens (including phenoxy) is 2. The van der Waals surface area contributed by atoms with Crippen LogP contribution in [0, 0.1) is 0 Å². The minimum Gasteiger partial charge on any atom is -0.476 e. The molecule has 1 aromatic carbocycles. The van der Waals surface area contributed by atoms with Crippen LogP contribution in [0.2, 0.25) is 5.02 Å². The van der Waals surface area contributed by atoms with E-state index in [1.807, 2.05) is 13.8 Å². The van der Waals surface area contributed by atoms with Crippen molar-refractivity contribution in [1.29, 1.82) is 0 Å². The minimum absolute atomic E-state index is 0.0130. The summed E-state index contributed by atoms with van der Waals surface area (Å²) in [6, 6.07) is 3.30. The van der Waals surface area contributed by atoms with Crippen LogP contribution in [0.1, 0.15) is 35.8 Å². The number of carboxylic acid groups (broad SMARTS) is 1. The Bertz CT molecular complexity index is 767. The van der Waals surface area contributed by atoms with E-state index in [1.165, 1.54) is 10.7 Å². The highest BCUT2D eigenvalue weighted by Gasteiger charge is 2.28. The Kier molecular flexibility index (Phi) is 3.48. The molecule has 0 amide bonds. The van der Waals surface area contributed by atoms with Crippen LogP contribution in [0.3, 0.4) is 0 Å². The second kappa shape index (κ2) is 5.21. The number of aryl methyl sites for hydroxylation is 1. The molecule has 6 nitrogen and oxygen atoms in total. The van der Waals surface area contributed by atoms with Gasteiger partial charge in [-0.15, -0.1) is 0 Å². The molecule has 1 N–H and O–H groups in total. The Morgan fingerprint density at radius 3 is 2.64 bits per heavy atom. The van der Waals surface area contributed by atoms with Gasteiger partial charge in [0.15, 0.2) is 17.2 Å². The van der Waals surface area contributed by atoms with Crippen LogP contribution in [0.25, 0.3) is 11.3 Å². The third-order valence-electron chi connectivity index (χ3n) is 3.59. The van der Waals surface area contributed by atoms with Crippen LogP contribution in [-0.4, -0.2) is 27.6 Å². The first-order valence-corrected chi connectivity index (χ1v) is 7.17. The summed E-state index contributed by atoms with van der Waals surface area (Å²) in [6.45, 7) is 4.19. The first kappa shape index (κ1) is 14.7. The lowest BCUT2D eigenvalue weighted by atomic mass is 9.93. The molecule has 1 aliphatic heterocycles. The highest BCUT2D eigenvalue weighted by Crippen LogP contribution is 2.48. The third kappa shape index (κ3) is 2.20. The largest absolute Gasteiger partial charge is 0.476 e. The van der Waals surface area contributed by atoms with Gasteiger partial charge >= 0.3 is 5.97 Å². The van der Waals surface area contributed by atoms with Crippen LogP contribution in [0.4, 0.5) is 0 Å². The molecule has 0 saturated carbocycles. The van der Waals surface area contributed by atoms with E-state index in [0.717, 1.165) is 11.1 Å². The van der Waals surface area contributed by atoms with Crippen molar-refractivity contribution in [2.45, 2.75) is 19.8 Å². The number of carboxylic acids is 1. The molecule has 116 valence electrons. The molecule has 0 fully saturated rings. The van der Waals surface area contributed by atoms with Crippen molar-refractivity contribution < 1.29 is 19.4 Å². The van der Waals surface area contributed by atoms with Gasteiger partial charge in [0.1, 0.15) is 0 Å². The number of carbonyl (C=O) groups is 1. The Labute approximate surface area is 132 Å². The molecule has 22 heavy (non-hydrogen) atoms. The molecular weight excluding hydrogens is 308 g/mol. The molecule has 3 rings (SSSR count). The number of nitrogens with zero attached hydrogens (tertiary/aromatic N) is 2. The average molecular weight is 323 g/mol. The molecule has 7 heteroatoms. The lowest BCUT2D eigenvalue weighted by Crippen LogP contribution is -2.01. The molecule has 2 heterocycles. The summed E-state index contributed by atoms with van der Waals surface area (Å²) in [5, 5.41) is 13.6. The smallest absolute Gasteiger partial charge is 0.356 e. The van der Waals surface area contributed by atoms with Gasteiger partial charge in [0.2, 0.25) is 6.79 Å². The molecule has 0 spiro atoms. The zero-order valence-corrected chi connectivity index (χ0v) is 13.1. The molecule has 0 unspecified atom stereocenters. The Morgan fingerprint density at radius 2 is 2.05 bits per heavy atom. The summed E-state index contributed by atoms with van der Waals surface area (Å²) >= 11 is 6.27. The first-order chi connectivity index (χ1) is 10.4. The van der Waals surface area contributed by atoms with Crippen molar-refractivity contribution in [3.05, 3.63) is 28.4 Å². The summed E-state index contributed by atoms with van der Waals surface area (Å²) in [5.41, 5.74) is 2.38. The molecular formula is C15H15ClN2O4. The summed E-state index contributed by atoms with van der Waals surface area (Å²) in [5.74, 6) is 0.232. The van der Waals surface area contributed by atoms with Gasteiger partial charge in [-0.05, 0) is 18.1 Å². The first-order valence-electron chi connectivity index (χ1n) is 6.79. The fourth-order valence-electron chi connectivity index (χ4n) is 2.66. The Balaban J connectivity index is 2.27. The Hall–Kier alpha value is -2.21. The average Bonchev–Trinajstić information content (AvgIpc) is 3.04. The van der Waals surface area contributed by atoms with Crippen LogP contribution < -0.4 is 9.47 Å². The maximum Gasteiger partial charge on any atom is 0.356 e. The highest BCUT2D eigenvalue weighted by molar-refractivity contribution is 6.32. The molecule has 2 aromatic rings. The lowest BCUT2D eigenvalue weighted by molar-refractivity contribution is 0.0689. The number of halogens is 1. The zero-order chi connectivity index (χ0) is 16.0. The number of benzene rings is 1. The molecule has 1 aromatic heterocycles. The number of aromatic carboxylic acids is 1. The molecule has 0 saturated heterocycles. The number of aromatic nitrogens is 2. The maximum atomic E-state index is 11.1. The van der Waals surface area contributed by atoms with E-state index in [4.69, 9.17) is 26.2 Å². The van der Waals surface area contributed by atoms with Gasteiger partial charge in [-0.25, -0.2) is 4.79 Å².